The van der Waals surface area contributed by atoms with Crippen LogP contribution in [0.5, 0.6) is 0 Å². The van der Waals surface area contributed by atoms with Gasteiger partial charge in [-0.3, -0.25) is 16.0 Å². The summed E-state index contributed by atoms with van der Waals surface area (Å²) < 4.78 is 3.31. The molecule has 1 heterocycles. The van der Waals surface area contributed by atoms with E-state index < -0.39 is 0 Å². The van der Waals surface area contributed by atoms with Gasteiger partial charge in [-0.1, -0.05) is 32.6 Å². The standard InChI is InChI=1S/C16H29BrN4/c1-3-13-16(17)15(21(4-2)20-13)11-14(19-18)12-9-7-5-6-8-10-12/h12,14,19H,3-11,18H2,1-2H3. The Labute approximate surface area is 137 Å². The Morgan fingerprint density at radius 2 is 1.95 bits per heavy atom. The molecule has 5 heteroatoms. The highest BCUT2D eigenvalue weighted by molar-refractivity contribution is 9.10. The Bertz CT molecular complexity index is 436. The van der Waals surface area contributed by atoms with Crippen LogP contribution in [0.25, 0.3) is 0 Å². The number of aromatic nitrogens is 2. The normalized spacial score (nSPS) is 18.7. The smallest absolute Gasteiger partial charge is 0.0766 e. The first-order valence-electron chi connectivity index (χ1n) is 8.41. The van der Waals surface area contributed by atoms with Crippen LogP contribution in [-0.2, 0) is 19.4 Å². The molecule has 1 aromatic rings. The molecule has 1 atom stereocenters. The van der Waals surface area contributed by atoms with Crippen molar-refractivity contribution in [2.45, 2.75) is 77.8 Å². The number of nitrogens with two attached hydrogens (primary N) is 1. The average molecular weight is 357 g/mol. The maximum Gasteiger partial charge on any atom is 0.0766 e. The van der Waals surface area contributed by atoms with Gasteiger partial charge in [0.25, 0.3) is 0 Å². The van der Waals surface area contributed by atoms with E-state index >= 15 is 0 Å². The molecule has 120 valence electrons. The second-order valence-corrected chi connectivity index (χ2v) is 6.90. The summed E-state index contributed by atoms with van der Waals surface area (Å²) in [7, 11) is 0. The van der Waals surface area contributed by atoms with E-state index in [0.29, 0.717) is 12.0 Å². The Hall–Kier alpha value is -0.390. The lowest BCUT2D eigenvalue weighted by Gasteiger charge is -2.26. The molecule has 1 aliphatic rings. The minimum atomic E-state index is 0.353. The SMILES string of the molecule is CCc1nn(CC)c(CC(NN)C2CCCCCC2)c1Br. The van der Waals surface area contributed by atoms with Crippen LogP contribution in [0, 0.1) is 5.92 Å². The van der Waals surface area contributed by atoms with Gasteiger partial charge in [-0.15, -0.1) is 0 Å². The summed E-state index contributed by atoms with van der Waals surface area (Å²) >= 11 is 3.75. The number of nitrogens with zero attached hydrogens (tertiary/aromatic N) is 2. The molecule has 4 nitrogen and oxygen atoms in total. The molecule has 1 aromatic heterocycles. The third-order valence-electron chi connectivity index (χ3n) is 4.79. The fraction of sp³-hybridized carbons (Fsp3) is 0.812. The van der Waals surface area contributed by atoms with E-state index in [2.05, 4.69) is 39.9 Å². The molecule has 2 rings (SSSR count). The highest BCUT2D eigenvalue weighted by Gasteiger charge is 2.25. The molecule has 1 aliphatic carbocycles. The first-order valence-corrected chi connectivity index (χ1v) is 9.20. The Kier molecular flexibility index (Phi) is 6.71. The van der Waals surface area contributed by atoms with Crippen molar-refractivity contribution in [2.75, 3.05) is 0 Å². The van der Waals surface area contributed by atoms with Gasteiger partial charge in [0.1, 0.15) is 0 Å². The van der Waals surface area contributed by atoms with Gasteiger partial charge in [-0.05, 0) is 48.0 Å². The number of aryl methyl sites for hydroxylation is 2. The first-order chi connectivity index (χ1) is 10.2. The molecule has 0 aromatic carbocycles. The van der Waals surface area contributed by atoms with Crippen LogP contribution in [0.1, 0.15) is 63.8 Å². The lowest BCUT2D eigenvalue weighted by atomic mass is 9.89. The predicted octanol–water partition coefficient (Wildman–Crippen LogP) is 3.57. The fourth-order valence-electron chi connectivity index (χ4n) is 3.50. The zero-order valence-corrected chi connectivity index (χ0v) is 15.0. The van der Waals surface area contributed by atoms with Crippen molar-refractivity contribution >= 4 is 15.9 Å². The maximum absolute atomic E-state index is 5.89. The third kappa shape index (κ3) is 4.08. The van der Waals surface area contributed by atoms with E-state index in [9.17, 15) is 0 Å². The zero-order chi connectivity index (χ0) is 15.2. The van der Waals surface area contributed by atoms with Gasteiger partial charge in [0.15, 0.2) is 0 Å². The number of nitrogens with one attached hydrogen (secondary N) is 1. The summed E-state index contributed by atoms with van der Waals surface area (Å²) in [5.74, 6) is 6.58. The number of hydrogen-bond donors (Lipinski definition) is 2. The molecule has 0 bridgehead atoms. The Morgan fingerprint density at radius 1 is 1.29 bits per heavy atom. The van der Waals surface area contributed by atoms with E-state index in [1.165, 1.54) is 48.7 Å². The van der Waals surface area contributed by atoms with E-state index in [-0.39, 0.29) is 0 Å². The molecule has 1 saturated carbocycles. The number of rotatable bonds is 6. The van der Waals surface area contributed by atoms with E-state index in [1.807, 2.05) is 0 Å². The molecular formula is C16H29BrN4. The molecule has 21 heavy (non-hydrogen) atoms. The molecular weight excluding hydrogens is 328 g/mol. The molecule has 1 fully saturated rings. The van der Waals surface area contributed by atoms with Crippen LogP contribution in [0.4, 0.5) is 0 Å². The number of hydrogen-bond acceptors (Lipinski definition) is 3. The van der Waals surface area contributed by atoms with Crippen LogP contribution < -0.4 is 11.3 Å². The summed E-state index contributed by atoms with van der Waals surface area (Å²) in [5.41, 5.74) is 5.54. The minimum Gasteiger partial charge on any atom is -0.271 e. The molecule has 0 saturated heterocycles. The maximum atomic E-state index is 5.89. The second-order valence-electron chi connectivity index (χ2n) is 6.11. The lowest BCUT2D eigenvalue weighted by Crippen LogP contribution is -2.42. The van der Waals surface area contributed by atoms with Gasteiger partial charge in [-0.25, -0.2) is 0 Å². The molecule has 0 aliphatic heterocycles. The van der Waals surface area contributed by atoms with Crippen molar-refractivity contribution in [2.24, 2.45) is 11.8 Å². The largest absolute Gasteiger partial charge is 0.271 e. The molecule has 0 amide bonds. The third-order valence-corrected chi connectivity index (χ3v) is 5.71. The van der Waals surface area contributed by atoms with Crippen molar-refractivity contribution in [3.05, 3.63) is 15.9 Å². The van der Waals surface area contributed by atoms with Gasteiger partial charge in [-0.2, -0.15) is 5.10 Å². The van der Waals surface area contributed by atoms with Crippen molar-refractivity contribution in [3.63, 3.8) is 0 Å². The summed E-state index contributed by atoms with van der Waals surface area (Å²) in [6, 6.07) is 0.353. The van der Waals surface area contributed by atoms with Crippen molar-refractivity contribution in [1.29, 1.82) is 0 Å². The number of hydrazine groups is 1. The average Bonchev–Trinajstić information content (AvgIpc) is 2.70. The lowest BCUT2D eigenvalue weighted by molar-refractivity contribution is 0.315. The molecule has 0 spiro atoms. The summed E-state index contributed by atoms with van der Waals surface area (Å²) in [5, 5.41) is 4.70. The van der Waals surface area contributed by atoms with Crippen LogP contribution in [0.15, 0.2) is 4.47 Å². The van der Waals surface area contributed by atoms with Gasteiger partial charge in [0.2, 0.25) is 0 Å². The molecule has 1 unspecified atom stereocenters. The van der Waals surface area contributed by atoms with Crippen molar-refractivity contribution in [3.8, 4) is 0 Å². The fourth-order valence-corrected chi connectivity index (χ4v) is 4.22. The van der Waals surface area contributed by atoms with Crippen LogP contribution in [0.3, 0.4) is 0 Å². The summed E-state index contributed by atoms with van der Waals surface area (Å²) in [4.78, 5) is 0. The number of halogens is 1. The van der Waals surface area contributed by atoms with Gasteiger partial charge < -0.3 is 0 Å². The first kappa shape index (κ1) is 17.0. The van der Waals surface area contributed by atoms with E-state index in [0.717, 1.165) is 25.1 Å². The highest BCUT2D eigenvalue weighted by Crippen LogP contribution is 2.29. The van der Waals surface area contributed by atoms with Crippen molar-refractivity contribution in [1.82, 2.24) is 15.2 Å². The highest BCUT2D eigenvalue weighted by atomic mass is 79.9. The van der Waals surface area contributed by atoms with Gasteiger partial charge in [0.05, 0.1) is 15.9 Å². The predicted molar refractivity (Wildman–Crippen MR) is 91.0 cm³/mol. The van der Waals surface area contributed by atoms with Gasteiger partial charge >= 0.3 is 0 Å². The van der Waals surface area contributed by atoms with Gasteiger partial charge in [0, 0.05) is 19.0 Å². The monoisotopic (exact) mass is 356 g/mol. The van der Waals surface area contributed by atoms with E-state index in [1.54, 1.807) is 0 Å². The summed E-state index contributed by atoms with van der Waals surface area (Å²) in [6.07, 6.45) is 9.97. The Balaban J connectivity index is 2.15. The van der Waals surface area contributed by atoms with E-state index in [4.69, 9.17) is 10.9 Å². The Morgan fingerprint density at radius 3 is 2.48 bits per heavy atom. The quantitative estimate of drug-likeness (QED) is 0.465. The second kappa shape index (κ2) is 8.30. The van der Waals surface area contributed by atoms with Crippen LogP contribution in [0.2, 0.25) is 0 Å². The van der Waals surface area contributed by atoms with Crippen molar-refractivity contribution < 1.29 is 0 Å². The van der Waals surface area contributed by atoms with Crippen LogP contribution >= 0.6 is 15.9 Å². The zero-order valence-electron chi connectivity index (χ0n) is 13.4. The van der Waals surface area contributed by atoms with Crippen LogP contribution in [-0.4, -0.2) is 15.8 Å². The molecule has 0 radical (unpaired) electrons. The summed E-state index contributed by atoms with van der Waals surface area (Å²) in [6.45, 7) is 5.22. The minimum absolute atomic E-state index is 0.353. The molecule has 3 N–H and O–H groups in total. The topological polar surface area (TPSA) is 55.9 Å².